The second-order valence-corrected chi connectivity index (χ2v) is 7.57. The molecule has 1 rings (SSSR count). The van der Waals surface area contributed by atoms with Crippen LogP contribution in [0.25, 0.3) is 0 Å². The SMILES string of the molecule is CC(C)OCCS(=O)(=O)NC(C)(CBr)c1ccccc1. The fourth-order valence-corrected chi connectivity index (χ4v) is 3.70. The molecule has 20 heavy (non-hydrogen) atoms. The lowest BCUT2D eigenvalue weighted by Gasteiger charge is -2.29. The van der Waals surface area contributed by atoms with Gasteiger partial charge in [-0.05, 0) is 26.3 Å². The molecule has 1 unspecified atom stereocenters. The first kappa shape index (κ1) is 17.6. The molecule has 1 aromatic rings. The minimum Gasteiger partial charge on any atom is -0.378 e. The van der Waals surface area contributed by atoms with Crippen molar-refractivity contribution in [1.29, 1.82) is 0 Å². The van der Waals surface area contributed by atoms with Crippen LogP contribution in [0.4, 0.5) is 0 Å². The summed E-state index contributed by atoms with van der Waals surface area (Å²) in [7, 11) is -3.40. The number of benzene rings is 1. The van der Waals surface area contributed by atoms with Crippen molar-refractivity contribution in [1.82, 2.24) is 4.72 Å². The highest BCUT2D eigenvalue weighted by Crippen LogP contribution is 2.23. The van der Waals surface area contributed by atoms with Crippen molar-refractivity contribution in [3.63, 3.8) is 0 Å². The maximum atomic E-state index is 12.1. The summed E-state index contributed by atoms with van der Waals surface area (Å²) in [5.41, 5.74) is 0.253. The van der Waals surface area contributed by atoms with Crippen LogP contribution in [0, 0.1) is 0 Å². The number of sulfonamides is 1. The quantitative estimate of drug-likeness (QED) is 0.722. The van der Waals surface area contributed by atoms with E-state index in [9.17, 15) is 8.42 Å². The number of ether oxygens (including phenoxy) is 1. The minimum atomic E-state index is -3.40. The molecule has 114 valence electrons. The summed E-state index contributed by atoms with van der Waals surface area (Å²) < 4.78 is 32.4. The predicted molar refractivity (Wildman–Crippen MR) is 85.6 cm³/mol. The third-order valence-electron chi connectivity index (χ3n) is 2.86. The molecular formula is C14H22BrNO3S. The maximum Gasteiger partial charge on any atom is 0.214 e. The van der Waals surface area contributed by atoms with Crippen molar-refractivity contribution in [2.45, 2.75) is 32.4 Å². The van der Waals surface area contributed by atoms with Gasteiger partial charge in [0.1, 0.15) is 0 Å². The van der Waals surface area contributed by atoms with Gasteiger partial charge in [0.15, 0.2) is 0 Å². The lowest BCUT2D eigenvalue weighted by atomic mass is 9.96. The normalized spacial score (nSPS) is 15.2. The summed E-state index contributed by atoms with van der Waals surface area (Å²) in [6, 6.07) is 9.52. The summed E-state index contributed by atoms with van der Waals surface area (Å²) in [6.45, 7) is 5.82. The van der Waals surface area contributed by atoms with Crippen LogP contribution in [-0.4, -0.2) is 32.2 Å². The molecule has 0 bridgehead atoms. The van der Waals surface area contributed by atoms with Gasteiger partial charge in [-0.2, -0.15) is 0 Å². The molecule has 0 aliphatic rings. The molecule has 0 amide bonds. The Morgan fingerprint density at radius 1 is 1.30 bits per heavy atom. The van der Waals surface area contributed by atoms with Crippen molar-refractivity contribution < 1.29 is 13.2 Å². The lowest BCUT2D eigenvalue weighted by Crippen LogP contribution is -2.46. The average Bonchev–Trinajstić information content (AvgIpc) is 2.38. The molecule has 0 aliphatic heterocycles. The molecule has 0 spiro atoms. The Bertz CT molecular complexity index is 504. The average molecular weight is 364 g/mol. The molecule has 1 N–H and O–H groups in total. The molecule has 1 atom stereocenters. The van der Waals surface area contributed by atoms with Gasteiger partial charge in [-0.1, -0.05) is 46.3 Å². The van der Waals surface area contributed by atoms with Gasteiger partial charge in [0.05, 0.1) is 24.0 Å². The van der Waals surface area contributed by atoms with E-state index in [4.69, 9.17) is 4.74 Å². The molecule has 4 nitrogen and oxygen atoms in total. The Morgan fingerprint density at radius 2 is 1.90 bits per heavy atom. The van der Waals surface area contributed by atoms with Crippen LogP contribution in [-0.2, 0) is 20.3 Å². The Morgan fingerprint density at radius 3 is 2.40 bits per heavy atom. The first-order chi connectivity index (χ1) is 9.29. The lowest BCUT2D eigenvalue weighted by molar-refractivity contribution is 0.0910. The summed E-state index contributed by atoms with van der Waals surface area (Å²) in [5.74, 6) is -0.0411. The highest BCUT2D eigenvalue weighted by Gasteiger charge is 2.30. The van der Waals surface area contributed by atoms with Gasteiger partial charge in [0.25, 0.3) is 0 Å². The zero-order valence-electron chi connectivity index (χ0n) is 12.1. The number of hydrogen-bond acceptors (Lipinski definition) is 3. The van der Waals surface area contributed by atoms with E-state index in [0.29, 0.717) is 5.33 Å². The molecule has 0 saturated carbocycles. The smallest absolute Gasteiger partial charge is 0.214 e. The van der Waals surface area contributed by atoms with E-state index < -0.39 is 15.6 Å². The second-order valence-electron chi connectivity index (χ2n) is 5.17. The van der Waals surface area contributed by atoms with Crippen molar-refractivity contribution in [2.24, 2.45) is 0 Å². The van der Waals surface area contributed by atoms with Gasteiger partial charge in [-0.15, -0.1) is 0 Å². The van der Waals surface area contributed by atoms with Crippen molar-refractivity contribution >= 4 is 26.0 Å². The number of alkyl halides is 1. The van der Waals surface area contributed by atoms with Gasteiger partial charge < -0.3 is 4.74 Å². The van der Waals surface area contributed by atoms with Crippen molar-refractivity contribution in [2.75, 3.05) is 17.7 Å². The molecule has 6 heteroatoms. The molecule has 0 aliphatic carbocycles. The third kappa shape index (κ3) is 5.52. The number of rotatable bonds is 8. The Labute approximate surface area is 130 Å². The van der Waals surface area contributed by atoms with E-state index in [0.717, 1.165) is 5.56 Å². The van der Waals surface area contributed by atoms with Gasteiger partial charge in [0, 0.05) is 5.33 Å². The van der Waals surface area contributed by atoms with Crippen LogP contribution < -0.4 is 4.72 Å². The highest BCUT2D eigenvalue weighted by atomic mass is 79.9. The summed E-state index contributed by atoms with van der Waals surface area (Å²) in [5, 5.41) is 0.494. The molecule has 0 heterocycles. The van der Waals surface area contributed by atoms with E-state index in [1.54, 1.807) is 0 Å². The first-order valence-corrected chi connectivity index (χ1v) is 9.31. The van der Waals surface area contributed by atoms with Crippen LogP contribution in [0.2, 0.25) is 0 Å². The molecule has 0 aromatic heterocycles. The van der Waals surface area contributed by atoms with Crippen molar-refractivity contribution in [3.8, 4) is 0 Å². The zero-order valence-corrected chi connectivity index (χ0v) is 14.5. The number of hydrogen-bond donors (Lipinski definition) is 1. The summed E-state index contributed by atoms with van der Waals surface area (Å²) in [6.07, 6.45) is 0.0295. The second kappa shape index (κ2) is 7.54. The van der Waals surface area contributed by atoms with Crippen LogP contribution in [0.15, 0.2) is 30.3 Å². The van der Waals surface area contributed by atoms with E-state index in [1.165, 1.54) is 0 Å². The van der Waals surface area contributed by atoms with Crippen LogP contribution in [0.5, 0.6) is 0 Å². The zero-order chi connectivity index (χ0) is 15.2. The Balaban J connectivity index is 2.77. The Hall–Kier alpha value is -0.430. The van der Waals surface area contributed by atoms with Crippen LogP contribution in [0.3, 0.4) is 0 Å². The molecular weight excluding hydrogens is 342 g/mol. The standard InChI is InChI=1S/C14H22BrNO3S/c1-12(2)19-9-10-20(17,18)16-14(3,11-15)13-7-5-4-6-8-13/h4-8,12,16H,9-11H2,1-3H3. The molecule has 0 saturated heterocycles. The van der Waals surface area contributed by atoms with Crippen molar-refractivity contribution in [3.05, 3.63) is 35.9 Å². The largest absolute Gasteiger partial charge is 0.378 e. The summed E-state index contributed by atoms with van der Waals surface area (Å²) in [4.78, 5) is 0. The maximum absolute atomic E-state index is 12.1. The van der Waals surface area contributed by atoms with E-state index >= 15 is 0 Å². The third-order valence-corrected chi connectivity index (χ3v) is 5.45. The predicted octanol–water partition coefficient (Wildman–Crippen LogP) is 2.64. The fourth-order valence-electron chi connectivity index (χ4n) is 1.76. The molecule has 0 fully saturated rings. The van der Waals surface area contributed by atoms with Crippen LogP contribution in [0.1, 0.15) is 26.3 Å². The number of halogens is 1. The fraction of sp³-hybridized carbons (Fsp3) is 0.571. The number of nitrogens with one attached hydrogen (secondary N) is 1. The topological polar surface area (TPSA) is 55.4 Å². The first-order valence-electron chi connectivity index (χ1n) is 6.54. The van der Waals surface area contributed by atoms with E-state index in [2.05, 4.69) is 20.7 Å². The monoisotopic (exact) mass is 363 g/mol. The van der Waals surface area contributed by atoms with Gasteiger partial charge in [-0.25, -0.2) is 13.1 Å². The molecule has 0 radical (unpaired) electrons. The van der Waals surface area contributed by atoms with Gasteiger partial charge in [0.2, 0.25) is 10.0 Å². The Kier molecular flexibility index (Phi) is 6.64. The molecule has 1 aromatic carbocycles. The van der Waals surface area contributed by atoms with Gasteiger partial charge in [-0.3, -0.25) is 0 Å². The van der Waals surface area contributed by atoms with Crippen LogP contribution >= 0.6 is 15.9 Å². The van der Waals surface area contributed by atoms with E-state index in [-0.39, 0.29) is 18.5 Å². The summed E-state index contributed by atoms with van der Waals surface area (Å²) >= 11 is 3.39. The minimum absolute atomic E-state index is 0.0295. The van der Waals surface area contributed by atoms with E-state index in [1.807, 2.05) is 51.1 Å². The highest BCUT2D eigenvalue weighted by molar-refractivity contribution is 9.09. The van der Waals surface area contributed by atoms with Gasteiger partial charge >= 0.3 is 0 Å².